The molecule has 164 valence electrons. The number of rotatable bonds is 3. The van der Waals surface area contributed by atoms with Crippen LogP contribution in [0.1, 0.15) is 31.4 Å². The van der Waals surface area contributed by atoms with Crippen LogP contribution in [0.15, 0.2) is 84.0 Å². The summed E-state index contributed by atoms with van der Waals surface area (Å²) in [6, 6.07) is 19.7. The molecule has 3 aromatic heterocycles. The zero-order valence-corrected chi connectivity index (χ0v) is 18.3. The lowest BCUT2D eigenvalue weighted by molar-refractivity contribution is -0.0324. The Kier molecular flexibility index (Phi) is 4.22. The number of nitrogen functional groups attached to an aromatic ring is 1. The summed E-state index contributed by atoms with van der Waals surface area (Å²) in [5.41, 5.74) is 10.3. The van der Waals surface area contributed by atoms with E-state index >= 15 is 0 Å². The number of nitrogens with zero attached hydrogens (tertiary/aromatic N) is 3. The summed E-state index contributed by atoms with van der Waals surface area (Å²) >= 11 is 0. The number of hydrogen-bond acceptors (Lipinski definition) is 4. The molecule has 5 aromatic rings. The average molecular weight is 437 g/mol. The molecule has 0 atom stereocenters. The monoisotopic (exact) mass is 436 g/mol. The minimum absolute atomic E-state index is 0.0644. The van der Waals surface area contributed by atoms with Crippen LogP contribution in [0.4, 0.5) is 5.82 Å². The van der Waals surface area contributed by atoms with Crippen LogP contribution < -0.4 is 11.3 Å². The largest absolute Gasteiger partial charge is 0.390 e. The third-order valence-corrected chi connectivity index (χ3v) is 6.78. The van der Waals surface area contributed by atoms with Gasteiger partial charge in [0.15, 0.2) is 0 Å². The van der Waals surface area contributed by atoms with Crippen LogP contribution in [-0.2, 0) is 0 Å². The number of benzene rings is 2. The number of aliphatic hydroxyl groups is 1. The van der Waals surface area contributed by atoms with Crippen LogP contribution >= 0.6 is 0 Å². The van der Waals surface area contributed by atoms with E-state index < -0.39 is 5.60 Å². The minimum Gasteiger partial charge on any atom is -0.390 e. The van der Waals surface area contributed by atoms with E-state index in [1.807, 2.05) is 73.9 Å². The first kappa shape index (κ1) is 19.8. The molecule has 0 radical (unpaired) electrons. The first-order chi connectivity index (χ1) is 15.9. The van der Waals surface area contributed by atoms with Gasteiger partial charge in [-0.15, -0.1) is 0 Å². The van der Waals surface area contributed by atoms with E-state index in [9.17, 15) is 9.90 Å². The molecular formula is C27H24N4O2. The van der Waals surface area contributed by atoms with E-state index in [1.54, 1.807) is 10.8 Å². The summed E-state index contributed by atoms with van der Waals surface area (Å²) in [6.07, 6.45) is 6.85. The third-order valence-electron chi connectivity index (χ3n) is 6.78. The van der Waals surface area contributed by atoms with E-state index in [2.05, 4.69) is 15.5 Å². The molecule has 0 aliphatic heterocycles. The van der Waals surface area contributed by atoms with Gasteiger partial charge in [-0.2, -0.15) is 0 Å². The fourth-order valence-corrected chi connectivity index (χ4v) is 5.15. The van der Waals surface area contributed by atoms with Crippen molar-refractivity contribution in [3.63, 3.8) is 0 Å². The van der Waals surface area contributed by atoms with Gasteiger partial charge in [-0.1, -0.05) is 30.3 Å². The lowest BCUT2D eigenvalue weighted by Gasteiger charge is -2.40. The molecule has 0 amide bonds. The van der Waals surface area contributed by atoms with Crippen molar-refractivity contribution in [2.24, 2.45) is 0 Å². The highest BCUT2D eigenvalue weighted by Gasteiger charge is 2.40. The Balaban J connectivity index is 1.54. The molecule has 3 heterocycles. The van der Waals surface area contributed by atoms with Crippen molar-refractivity contribution in [1.29, 1.82) is 0 Å². The Morgan fingerprint density at radius 1 is 1.06 bits per heavy atom. The molecule has 6 heteroatoms. The van der Waals surface area contributed by atoms with Gasteiger partial charge in [0.2, 0.25) is 0 Å². The molecule has 6 nitrogen and oxygen atoms in total. The maximum atomic E-state index is 13.4. The molecule has 1 saturated carbocycles. The highest BCUT2D eigenvalue weighted by molar-refractivity contribution is 5.94. The Labute approximate surface area is 190 Å². The van der Waals surface area contributed by atoms with Crippen molar-refractivity contribution >= 4 is 22.1 Å². The van der Waals surface area contributed by atoms with Gasteiger partial charge in [0.25, 0.3) is 5.56 Å². The Bertz CT molecular complexity index is 1570. The first-order valence-corrected chi connectivity index (χ1v) is 11.1. The molecule has 1 aliphatic rings. The normalized spacial score (nSPS) is 20.2. The van der Waals surface area contributed by atoms with E-state index in [1.165, 1.54) is 0 Å². The molecule has 1 fully saturated rings. The van der Waals surface area contributed by atoms with E-state index in [4.69, 9.17) is 5.73 Å². The van der Waals surface area contributed by atoms with Crippen LogP contribution in [0, 0.1) is 0 Å². The minimum atomic E-state index is -0.626. The van der Waals surface area contributed by atoms with Crippen molar-refractivity contribution in [2.75, 3.05) is 5.73 Å². The molecular weight excluding hydrogens is 412 g/mol. The molecule has 0 saturated heterocycles. The summed E-state index contributed by atoms with van der Waals surface area (Å²) in [4.78, 5) is 17.7. The number of pyridine rings is 1. The highest BCUT2D eigenvalue weighted by atomic mass is 16.3. The van der Waals surface area contributed by atoms with Crippen molar-refractivity contribution in [3.8, 4) is 16.8 Å². The standard InChI is InChI=1S/C27H24N4O2/c1-27(33)15-19(16-27)23-14-21(24-25(28)29-10-12-31(23)24)18-8-7-17-9-11-30(26(32)22(17)13-18)20-5-3-2-4-6-20/h2-14,19,33H,15-16H2,1H3,(H2,28,29). The van der Waals surface area contributed by atoms with Gasteiger partial charge in [-0.3, -0.25) is 9.36 Å². The van der Waals surface area contributed by atoms with Crippen molar-refractivity contribution in [1.82, 2.24) is 14.0 Å². The molecule has 0 bridgehead atoms. The molecule has 1 aliphatic carbocycles. The zero-order valence-electron chi connectivity index (χ0n) is 18.3. The van der Waals surface area contributed by atoms with Gasteiger partial charge in [0.1, 0.15) is 5.82 Å². The van der Waals surface area contributed by atoms with E-state index in [-0.39, 0.29) is 11.5 Å². The van der Waals surface area contributed by atoms with Gasteiger partial charge in [0.05, 0.1) is 11.1 Å². The first-order valence-electron chi connectivity index (χ1n) is 11.1. The number of hydrogen-bond donors (Lipinski definition) is 2. The summed E-state index contributed by atoms with van der Waals surface area (Å²) in [5, 5.41) is 11.8. The molecule has 0 spiro atoms. The Hall–Kier alpha value is -3.90. The average Bonchev–Trinajstić information content (AvgIpc) is 3.19. The second-order valence-electron chi connectivity index (χ2n) is 9.24. The van der Waals surface area contributed by atoms with Crippen LogP contribution in [0.25, 0.3) is 33.1 Å². The predicted octanol–water partition coefficient (Wildman–Crippen LogP) is 4.52. The summed E-state index contributed by atoms with van der Waals surface area (Å²) in [6.45, 7) is 1.87. The second-order valence-corrected chi connectivity index (χ2v) is 9.24. The van der Waals surface area contributed by atoms with Gasteiger partial charge < -0.3 is 15.2 Å². The topological polar surface area (TPSA) is 85.5 Å². The fraction of sp³-hybridized carbons (Fsp3) is 0.185. The number of fused-ring (bicyclic) bond motifs is 2. The molecule has 0 unspecified atom stereocenters. The van der Waals surface area contributed by atoms with Crippen LogP contribution in [0.3, 0.4) is 0 Å². The van der Waals surface area contributed by atoms with Gasteiger partial charge in [0, 0.05) is 46.8 Å². The van der Waals surface area contributed by atoms with Crippen molar-refractivity contribution in [3.05, 3.63) is 95.3 Å². The van der Waals surface area contributed by atoms with Gasteiger partial charge in [-0.05, 0) is 61.0 Å². The van der Waals surface area contributed by atoms with Crippen LogP contribution in [0.2, 0.25) is 0 Å². The van der Waals surface area contributed by atoms with Crippen LogP contribution in [0.5, 0.6) is 0 Å². The number of para-hydroxylation sites is 1. The lowest BCUT2D eigenvalue weighted by Crippen LogP contribution is -2.39. The fourth-order valence-electron chi connectivity index (χ4n) is 5.15. The maximum Gasteiger partial charge on any atom is 0.262 e. The van der Waals surface area contributed by atoms with E-state index in [0.717, 1.165) is 33.4 Å². The van der Waals surface area contributed by atoms with E-state index in [0.29, 0.717) is 24.0 Å². The summed E-state index contributed by atoms with van der Waals surface area (Å²) < 4.78 is 3.75. The Morgan fingerprint density at radius 3 is 2.61 bits per heavy atom. The number of aromatic nitrogens is 3. The van der Waals surface area contributed by atoms with Crippen molar-refractivity contribution in [2.45, 2.75) is 31.3 Å². The summed E-state index contributed by atoms with van der Waals surface area (Å²) in [7, 11) is 0. The third kappa shape index (κ3) is 3.14. The highest BCUT2D eigenvalue weighted by Crippen LogP contribution is 2.46. The summed E-state index contributed by atoms with van der Waals surface area (Å²) in [5.74, 6) is 0.693. The van der Waals surface area contributed by atoms with Gasteiger partial charge in [-0.25, -0.2) is 4.98 Å². The smallest absolute Gasteiger partial charge is 0.262 e. The quantitative estimate of drug-likeness (QED) is 0.436. The lowest BCUT2D eigenvalue weighted by atomic mass is 9.70. The second kappa shape index (κ2) is 7.05. The zero-order chi connectivity index (χ0) is 22.7. The SMILES string of the molecule is CC1(O)CC(c2cc(-c3ccc4ccn(-c5ccccc5)c(=O)c4c3)c3c(N)nccn23)C1. The number of anilines is 1. The number of nitrogens with two attached hydrogens (primary N) is 1. The maximum absolute atomic E-state index is 13.4. The molecule has 6 rings (SSSR count). The van der Waals surface area contributed by atoms with Crippen LogP contribution in [-0.4, -0.2) is 24.7 Å². The van der Waals surface area contributed by atoms with Gasteiger partial charge >= 0.3 is 0 Å². The predicted molar refractivity (Wildman–Crippen MR) is 131 cm³/mol. The molecule has 2 aromatic carbocycles. The Morgan fingerprint density at radius 2 is 1.85 bits per heavy atom. The molecule has 33 heavy (non-hydrogen) atoms. The van der Waals surface area contributed by atoms with Crippen molar-refractivity contribution < 1.29 is 5.11 Å². The molecule has 3 N–H and O–H groups in total.